The zero-order valence-corrected chi connectivity index (χ0v) is 40.0. The number of amides is 2. The third kappa shape index (κ3) is 16.5. The van der Waals surface area contributed by atoms with E-state index in [1.807, 2.05) is 38.1 Å². The smallest absolute Gasteiger partial charge is 0.489 e. The number of aromatic nitrogens is 1. The highest BCUT2D eigenvalue weighted by molar-refractivity contribution is 6.32. The summed E-state index contributed by atoms with van der Waals surface area (Å²) in [6.45, 7) is 6.48. The van der Waals surface area contributed by atoms with E-state index in [4.69, 9.17) is 44.8 Å². The standard InChI is InChI=1S/C46H56ClF2N5O16/c1-30(70-45(57)66-23-19-63-21-25-69-54(60)61)28-67-42-31(2)34(15-16-50-42)26-52(35-11-12-35)43(55)36-27-51(44(56)65-22-18-62-20-24-68-53(58)59)29-46(3,4)39(36)33-9-7-32(8-10-33)6-5-17-64-41-38(49)14-13-37(48)40(41)47/h7-10,13-16,30,35H,5-6,11-12,17-29H2,1-4H3. The van der Waals surface area contributed by atoms with Crippen LogP contribution in [0.15, 0.2) is 54.2 Å². The number of carbonyl (C=O) groups excluding carboxylic acids is 3. The molecule has 24 heteroatoms. The van der Waals surface area contributed by atoms with E-state index in [0.29, 0.717) is 24.0 Å². The molecule has 1 fully saturated rings. The molecule has 2 aromatic carbocycles. The van der Waals surface area contributed by atoms with E-state index < -0.39 is 50.6 Å². The van der Waals surface area contributed by atoms with E-state index in [0.717, 1.165) is 47.2 Å². The lowest BCUT2D eigenvalue weighted by Crippen LogP contribution is -2.48. The van der Waals surface area contributed by atoms with Crippen LogP contribution in [0.3, 0.4) is 0 Å². The molecule has 1 atom stereocenters. The van der Waals surface area contributed by atoms with E-state index in [-0.39, 0.29) is 109 Å². The minimum absolute atomic E-state index is 0.0303. The summed E-state index contributed by atoms with van der Waals surface area (Å²) < 4.78 is 65.7. The Morgan fingerprint density at radius 1 is 0.871 bits per heavy atom. The maximum atomic E-state index is 15.1. The van der Waals surface area contributed by atoms with Crippen LogP contribution in [0.1, 0.15) is 62.3 Å². The van der Waals surface area contributed by atoms with Gasteiger partial charge in [0.1, 0.15) is 50.0 Å². The number of hydrogen-bond donors (Lipinski definition) is 0. The highest BCUT2D eigenvalue weighted by Crippen LogP contribution is 2.43. The van der Waals surface area contributed by atoms with Gasteiger partial charge in [0.25, 0.3) is 16.1 Å². The molecule has 2 aliphatic rings. The zero-order valence-electron chi connectivity index (χ0n) is 39.2. The number of halogens is 3. The van der Waals surface area contributed by atoms with Gasteiger partial charge in [0, 0.05) is 41.9 Å². The molecule has 1 aliphatic carbocycles. The molecule has 382 valence electrons. The van der Waals surface area contributed by atoms with Crippen LogP contribution in [0, 0.1) is 44.2 Å². The van der Waals surface area contributed by atoms with Crippen molar-refractivity contribution < 1.29 is 76.2 Å². The maximum Gasteiger partial charge on any atom is 0.508 e. The average Bonchev–Trinajstić information content (AvgIpc) is 4.16. The lowest BCUT2D eigenvalue weighted by molar-refractivity contribution is -0.758. The van der Waals surface area contributed by atoms with Gasteiger partial charge in [0.15, 0.2) is 11.6 Å². The van der Waals surface area contributed by atoms with Crippen molar-refractivity contribution in [2.24, 2.45) is 5.41 Å². The van der Waals surface area contributed by atoms with E-state index in [2.05, 4.69) is 14.7 Å². The van der Waals surface area contributed by atoms with Crippen molar-refractivity contribution in [3.63, 3.8) is 0 Å². The Labute approximate surface area is 407 Å². The first-order chi connectivity index (χ1) is 33.4. The predicted octanol–water partition coefficient (Wildman–Crippen LogP) is 7.13. The Bertz CT molecular complexity index is 2320. The van der Waals surface area contributed by atoms with Crippen LogP contribution < -0.4 is 9.47 Å². The van der Waals surface area contributed by atoms with Crippen molar-refractivity contribution in [2.45, 2.75) is 72.1 Å². The van der Waals surface area contributed by atoms with E-state index >= 15 is 4.79 Å². The normalized spacial score (nSPS) is 14.6. The van der Waals surface area contributed by atoms with Crippen LogP contribution >= 0.6 is 11.6 Å². The van der Waals surface area contributed by atoms with Gasteiger partial charge in [0.2, 0.25) is 5.88 Å². The number of rotatable bonds is 28. The van der Waals surface area contributed by atoms with Crippen LogP contribution in [0.2, 0.25) is 5.02 Å². The number of aryl methyl sites for hydroxylation is 1. The second kappa shape index (κ2) is 26.4. The highest BCUT2D eigenvalue weighted by atomic mass is 35.5. The van der Waals surface area contributed by atoms with Crippen molar-refractivity contribution in [2.75, 3.05) is 79.2 Å². The van der Waals surface area contributed by atoms with Crippen molar-refractivity contribution >= 4 is 35.3 Å². The first kappa shape index (κ1) is 54.4. The van der Waals surface area contributed by atoms with Gasteiger partial charge in [0.05, 0.1) is 39.6 Å². The van der Waals surface area contributed by atoms with Crippen molar-refractivity contribution in [1.29, 1.82) is 0 Å². The molecule has 0 saturated heterocycles. The quantitative estimate of drug-likeness (QED) is 0.0231. The van der Waals surface area contributed by atoms with Gasteiger partial charge in [-0.25, -0.2) is 23.4 Å². The van der Waals surface area contributed by atoms with Gasteiger partial charge in [-0.2, -0.15) is 0 Å². The molecule has 2 heterocycles. The van der Waals surface area contributed by atoms with Gasteiger partial charge >= 0.3 is 12.2 Å². The minimum Gasteiger partial charge on any atom is -0.489 e. The summed E-state index contributed by atoms with van der Waals surface area (Å²) in [5, 5.41) is 18.3. The number of benzene rings is 2. The number of carbonyl (C=O) groups is 3. The molecule has 3 aromatic rings. The van der Waals surface area contributed by atoms with E-state index in [1.165, 1.54) is 4.90 Å². The Kier molecular flexibility index (Phi) is 20.5. The molecular weight excluding hydrogens is 952 g/mol. The minimum atomic E-state index is -0.971. The molecule has 1 saturated carbocycles. The molecule has 0 bridgehead atoms. The Morgan fingerprint density at radius 3 is 2.14 bits per heavy atom. The number of ether oxygens (including phenoxy) is 7. The van der Waals surface area contributed by atoms with Crippen molar-refractivity contribution in [3.8, 4) is 11.6 Å². The highest BCUT2D eigenvalue weighted by Gasteiger charge is 2.43. The fourth-order valence-electron chi connectivity index (χ4n) is 7.51. The first-order valence-electron chi connectivity index (χ1n) is 22.4. The number of pyridine rings is 1. The van der Waals surface area contributed by atoms with Gasteiger partial charge in [-0.05, 0) is 80.0 Å². The summed E-state index contributed by atoms with van der Waals surface area (Å²) in [7, 11) is 0. The molecule has 21 nitrogen and oxygen atoms in total. The summed E-state index contributed by atoms with van der Waals surface area (Å²) in [5.74, 6) is -1.92. The van der Waals surface area contributed by atoms with Crippen LogP contribution in [0.4, 0.5) is 18.4 Å². The summed E-state index contributed by atoms with van der Waals surface area (Å²) >= 11 is 5.91. The lowest BCUT2D eigenvalue weighted by atomic mass is 9.74. The van der Waals surface area contributed by atoms with Crippen LogP contribution in [0.5, 0.6) is 11.6 Å². The summed E-state index contributed by atoms with van der Waals surface area (Å²) in [6.07, 6.45) is 1.66. The summed E-state index contributed by atoms with van der Waals surface area (Å²) in [4.78, 5) is 77.5. The molecule has 2 amide bonds. The fourth-order valence-corrected chi connectivity index (χ4v) is 7.71. The van der Waals surface area contributed by atoms with Crippen LogP contribution in [0.25, 0.3) is 5.57 Å². The van der Waals surface area contributed by atoms with E-state index in [9.17, 15) is 38.6 Å². The first-order valence-corrected chi connectivity index (χ1v) is 22.8. The van der Waals surface area contributed by atoms with Gasteiger partial charge in [-0.15, -0.1) is 20.2 Å². The third-order valence-electron chi connectivity index (χ3n) is 10.9. The molecule has 1 unspecified atom stereocenters. The molecule has 0 N–H and O–H groups in total. The molecular formula is C46H56ClF2N5O16. The molecule has 70 heavy (non-hydrogen) atoms. The molecule has 0 radical (unpaired) electrons. The average molecular weight is 1010 g/mol. The van der Waals surface area contributed by atoms with Gasteiger partial charge < -0.3 is 52.6 Å². The monoisotopic (exact) mass is 1010 g/mol. The van der Waals surface area contributed by atoms with Gasteiger partial charge in [-0.1, -0.05) is 49.7 Å². The second-order valence-corrected chi connectivity index (χ2v) is 17.1. The van der Waals surface area contributed by atoms with Crippen molar-refractivity contribution in [3.05, 3.63) is 113 Å². The Balaban J connectivity index is 1.29. The number of hydrogen-bond acceptors (Lipinski definition) is 17. The largest absolute Gasteiger partial charge is 0.508 e. The fraction of sp³-hybridized carbons (Fsp3) is 0.522. The predicted molar refractivity (Wildman–Crippen MR) is 243 cm³/mol. The van der Waals surface area contributed by atoms with Crippen LogP contribution in [-0.4, -0.2) is 134 Å². The lowest BCUT2D eigenvalue weighted by Gasteiger charge is -2.42. The second-order valence-electron chi connectivity index (χ2n) is 16.8. The summed E-state index contributed by atoms with van der Waals surface area (Å²) in [6, 6.07) is 11.2. The summed E-state index contributed by atoms with van der Waals surface area (Å²) in [5.41, 5.74) is 3.43. The SMILES string of the molecule is Cc1c(CN(C(=O)C2=C(c3ccc(CCCOc4c(F)ccc(F)c4Cl)cc3)C(C)(C)CN(C(=O)OCCOCCO[N+](=O)[O-])C2)C2CC2)ccnc1OCC(C)OC(=O)OCCOCCO[N+](=O)[O-]. The Hall–Kier alpha value is -6.59. The van der Waals surface area contributed by atoms with Crippen molar-refractivity contribution in [1.82, 2.24) is 14.8 Å². The Morgan fingerprint density at radius 2 is 1.50 bits per heavy atom. The van der Waals surface area contributed by atoms with Crippen LogP contribution in [-0.2, 0) is 51.1 Å². The van der Waals surface area contributed by atoms with E-state index in [1.54, 1.807) is 31.0 Å². The molecule has 1 aromatic heterocycles. The molecule has 0 spiro atoms. The molecule has 1 aliphatic heterocycles. The topological polar surface area (TPSA) is 240 Å². The zero-order chi connectivity index (χ0) is 50.8. The van der Waals surface area contributed by atoms with Gasteiger partial charge in [-0.3, -0.25) is 4.79 Å². The third-order valence-corrected chi connectivity index (χ3v) is 11.2. The maximum absolute atomic E-state index is 15.1. The number of nitrogens with zero attached hydrogens (tertiary/aromatic N) is 5. The molecule has 5 rings (SSSR count).